The van der Waals surface area contributed by atoms with E-state index in [1.54, 1.807) is 0 Å². The molecule has 3 aliphatic rings. The molecule has 0 bridgehead atoms. The smallest absolute Gasteiger partial charge is 0.231 e. The van der Waals surface area contributed by atoms with Crippen molar-refractivity contribution in [3.8, 4) is 11.5 Å². The summed E-state index contributed by atoms with van der Waals surface area (Å²) in [4.78, 5) is 0. The van der Waals surface area contributed by atoms with Crippen LogP contribution in [-0.2, 0) is 0 Å². The van der Waals surface area contributed by atoms with Gasteiger partial charge in [-0.25, -0.2) is 0 Å². The van der Waals surface area contributed by atoms with Gasteiger partial charge in [0, 0.05) is 40.9 Å². The van der Waals surface area contributed by atoms with E-state index in [1.165, 1.54) is 59.3 Å². The molecule has 2 aromatic carbocycles. The Hall–Kier alpha value is -5.73. The second kappa shape index (κ2) is 44.6. The molecule has 2 saturated carbocycles. The van der Waals surface area contributed by atoms with Gasteiger partial charge >= 0.3 is 0 Å². The molecule has 8 nitrogen and oxygen atoms in total. The normalized spacial score (nSPS) is 15.2. The van der Waals surface area contributed by atoms with Crippen molar-refractivity contribution in [3.05, 3.63) is 178 Å². The van der Waals surface area contributed by atoms with E-state index in [1.807, 2.05) is 62.8 Å². The Kier molecular flexibility index (Phi) is 39.2. The molecule has 0 saturated heterocycles. The summed E-state index contributed by atoms with van der Waals surface area (Å²) in [7, 11) is 0. The molecule has 2 aliphatic carbocycles. The van der Waals surface area contributed by atoms with Crippen LogP contribution in [0.15, 0.2) is 136 Å². The molecule has 632 valence electrons. The van der Waals surface area contributed by atoms with Gasteiger partial charge in [-0.2, -0.15) is 0 Å². The van der Waals surface area contributed by atoms with Gasteiger partial charge in [0.15, 0.2) is 16.7 Å². The first-order chi connectivity index (χ1) is 51.9. The van der Waals surface area contributed by atoms with Crippen molar-refractivity contribution in [1.29, 1.82) is 0 Å². The monoisotopic (exact) mass is 1570 g/mol. The minimum absolute atomic E-state index is 0.204. The molecule has 0 radical (unpaired) electrons. The molecule has 0 N–H and O–H groups in total. The molecule has 9 heteroatoms. The van der Waals surface area contributed by atoms with Crippen molar-refractivity contribution in [2.45, 2.75) is 342 Å². The molecule has 0 amide bonds. The van der Waals surface area contributed by atoms with Gasteiger partial charge in [0.1, 0.15) is 51.7 Å². The quantitative estimate of drug-likeness (QED) is 0.0662. The summed E-state index contributed by atoms with van der Waals surface area (Å²) < 4.78 is 45.1. The first kappa shape index (κ1) is 98.6. The number of hydrogen-bond acceptors (Lipinski definition) is 8. The van der Waals surface area contributed by atoms with Crippen LogP contribution in [-0.4, -0.2) is 6.79 Å². The highest BCUT2D eigenvalue weighted by Gasteiger charge is 2.38. The van der Waals surface area contributed by atoms with Crippen molar-refractivity contribution in [1.82, 2.24) is 0 Å². The van der Waals surface area contributed by atoms with Gasteiger partial charge < -0.3 is 36.0 Å². The number of halogens is 1. The maximum Gasteiger partial charge on any atom is 0.231 e. The maximum absolute atomic E-state index is 5.95. The van der Waals surface area contributed by atoms with E-state index in [9.17, 15) is 0 Å². The van der Waals surface area contributed by atoms with E-state index >= 15 is 0 Å². The molecular weight excluding hydrogens is 1400 g/mol. The van der Waals surface area contributed by atoms with Crippen LogP contribution >= 0.6 is 11.6 Å². The first-order valence-electron chi connectivity index (χ1n) is 43.8. The Morgan fingerprint density at radius 2 is 0.741 bits per heavy atom. The summed E-state index contributed by atoms with van der Waals surface area (Å²) in [6, 6.07) is 33.4. The number of furan rings is 6. The number of aryl methyl sites for hydroxylation is 2. The lowest BCUT2D eigenvalue weighted by Crippen LogP contribution is -2.23. The Balaban J connectivity index is 0.000000271. The molecule has 2 fully saturated rings. The average Bonchev–Trinajstić information content (AvgIpc) is 1.38. The van der Waals surface area contributed by atoms with Gasteiger partial charge in [0.25, 0.3) is 0 Å². The van der Waals surface area contributed by atoms with Gasteiger partial charge in [0.05, 0.1) is 12.5 Å². The molecule has 0 unspecified atom stereocenters. The van der Waals surface area contributed by atoms with Crippen LogP contribution in [0.1, 0.15) is 391 Å². The maximum atomic E-state index is 5.95. The van der Waals surface area contributed by atoms with Gasteiger partial charge in [-0.3, -0.25) is 0 Å². The van der Waals surface area contributed by atoms with Crippen LogP contribution in [0.2, 0.25) is 5.22 Å². The Morgan fingerprint density at radius 1 is 0.330 bits per heavy atom. The third-order valence-corrected chi connectivity index (χ3v) is 23.7. The zero-order chi connectivity index (χ0) is 84.9. The van der Waals surface area contributed by atoms with E-state index in [0.29, 0.717) is 130 Å². The molecule has 6 aromatic heterocycles. The highest BCUT2D eigenvalue weighted by Crippen LogP contribution is 2.50. The van der Waals surface area contributed by atoms with E-state index < -0.39 is 0 Å². The zero-order valence-corrected chi connectivity index (χ0v) is 79.1. The summed E-state index contributed by atoms with van der Waals surface area (Å²) in [5.74, 6) is 25.4. The topological polar surface area (TPSA) is 97.3 Å². The van der Waals surface area contributed by atoms with Gasteiger partial charge in [-0.1, -0.05) is 274 Å². The molecule has 112 heavy (non-hydrogen) atoms. The number of fused-ring (bicyclic) bond motifs is 2. The van der Waals surface area contributed by atoms with Crippen LogP contribution in [0.25, 0.3) is 11.0 Å². The number of rotatable bonds is 22. The largest absolute Gasteiger partial charge is 0.469 e. The fourth-order valence-electron chi connectivity index (χ4n) is 17.8. The molecule has 1 aliphatic heterocycles. The highest BCUT2D eigenvalue weighted by atomic mass is 35.5. The SMILES string of the molecule is CC(C)C(c1cc2ccccc2o1)C(C)C.CC(C)[C@@H](C)C(C)(C)C.CC(C)[C@@H](c1ccc(Cl)o1)C(C)(C)C.CC(C)[C@@H](c1ccc2c(c1)OCO2)C(C)(C)C.CC(C)c1coc(C(C(C)C)C(C)C)c1.CC(C)c1coc([C@H](C(C)C)C2CC2)c1.Cc1ccc(C(C(C)C)C(C)C)o1.Cc1ccc([C@H](C(C)C)C2CC2)o1. The number of benzene rings is 2. The Bertz CT molecular complexity index is 3690. The van der Waals surface area contributed by atoms with Crippen LogP contribution in [0.3, 0.4) is 0 Å². The van der Waals surface area contributed by atoms with Crippen molar-refractivity contribution >= 4 is 22.6 Å². The third-order valence-electron chi connectivity index (χ3n) is 23.5. The lowest BCUT2D eigenvalue weighted by molar-refractivity contribution is 0.174. The van der Waals surface area contributed by atoms with Gasteiger partial charge in [-0.05, 0) is 257 Å². The molecule has 8 aromatic rings. The summed E-state index contributed by atoms with van der Waals surface area (Å²) in [5, 5.41) is 1.69. The fourth-order valence-corrected chi connectivity index (χ4v) is 17.9. The van der Waals surface area contributed by atoms with Gasteiger partial charge in [0.2, 0.25) is 6.79 Å². The average molecular weight is 1570 g/mol. The van der Waals surface area contributed by atoms with Crippen molar-refractivity contribution in [2.75, 3.05) is 6.79 Å². The predicted molar refractivity (Wildman–Crippen MR) is 480 cm³/mol. The number of hydrogen-bond donors (Lipinski definition) is 0. The first-order valence-corrected chi connectivity index (χ1v) is 44.2. The minimum Gasteiger partial charge on any atom is -0.469 e. The fraction of sp³-hybridized carbons (Fsp3) is 0.670. The van der Waals surface area contributed by atoms with E-state index in [0.717, 1.165) is 75.3 Å². The second-order valence-electron chi connectivity index (χ2n) is 41.0. The lowest BCUT2D eigenvalue weighted by atomic mass is 9.70. The van der Waals surface area contributed by atoms with Crippen molar-refractivity contribution in [3.63, 3.8) is 0 Å². The molecule has 5 atom stereocenters. The number of ether oxygens (including phenoxy) is 2. The van der Waals surface area contributed by atoms with Crippen LogP contribution < -0.4 is 9.47 Å². The van der Waals surface area contributed by atoms with Gasteiger partial charge in [-0.15, -0.1) is 0 Å². The highest BCUT2D eigenvalue weighted by molar-refractivity contribution is 6.28. The van der Waals surface area contributed by atoms with Crippen LogP contribution in [0.4, 0.5) is 0 Å². The Morgan fingerprint density at radius 3 is 1.10 bits per heavy atom. The third kappa shape index (κ3) is 31.0. The lowest BCUT2D eigenvalue weighted by Gasteiger charge is -2.34. The zero-order valence-electron chi connectivity index (χ0n) is 78.4. The molecule has 11 rings (SSSR count). The molecule has 0 spiro atoms. The van der Waals surface area contributed by atoms with Crippen LogP contribution in [0, 0.1) is 113 Å². The van der Waals surface area contributed by atoms with E-state index in [-0.39, 0.29) is 10.8 Å². The summed E-state index contributed by atoms with van der Waals surface area (Å²) in [6.45, 7) is 85.9. The summed E-state index contributed by atoms with van der Waals surface area (Å²) >= 11 is 5.79. The molecular formula is C103H165ClO8. The van der Waals surface area contributed by atoms with Crippen molar-refractivity contribution in [2.24, 2.45) is 99.1 Å². The standard InChI is InChI=1S/C15H22O2.C15H20O.C14H22O.C14H24O.C12H19ClO.C12H18O.C12H20O.C9H20/c1-10(2)14(15(3,4)5)11-6-7-12-13(8-11)17-9-16-12;1-10(2)15(11(3)4)14-9-12-7-5-6-8-13(12)16-14;1-9(2)12-7-13(15-8-12)14(10(3)4)11-5-6-11;1-9(2)12-7-13(15-8-12)14(10(3)4)11(5)6;1-8(2)11(12(3,4)5)9-6-7-10(13)14-9;1-8(2)12(10-5-6-10)11-7-4-9(3)13-11;1-8(2)12(9(3)4)11-7-6-10(5)13-11;1-7(2)8(3)9(4,5)6/h6-8,10,14H,9H2,1-5H3;5-11,15H,1-4H3;7-11,14H,5-6H2,1-4H3;7-11,14H,1-6H3;6-8,11H,1-5H3;4,7-8,10,12H,5-6H2,1-3H3;6-9,12H,1-5H3;7-8H,1-6H3/t14-;;14-;;11-;12-;;8-/m0.1.01.1/s1. The van der Waals surface area contributed by atoms with Crippen LogP contribution in [0.5, 0.6) is 11.5 Å². The predicted octanol–water partition coefficient (Wildman–Crippen LogP) is 34.1. The summed E-state index contributed by atoms with van der Waals surface area (Å²) in [6.07, 6.45) is 9.42. The van der Waals surface area contributed by atoms with E-state index in [2.05, 4.69) is 310 Å². The Labute approximate surface area is 691 Å². The molecule has 7 heterocycles. The van der Waals surface area contributed by atoms with Crippen molar-refractivity contribution < 1.29 is 36.0 Å². The number of para-hydroxylation sites is 1. The minimum atomic E-state index is 0.204. The van der Waals surface area contributed by atoms with E-state index in [4.69, 9.17) is 47.6 Å². The second-order valence-corrected chi connectivity index (χ2v) is 41.4. The summed E-state index contributed by atoms with van der Waals surface area (Å²) in [5.41, 5.74) is 5.94.